The van der Waals surface area contributed by atoms with E-state index in [2.05, 4.69) is 16.3 Å². The zero-order valence-corrected chi connectivity index (χ0v) is 10.7. The van der Waals surface area contributed by atoms with Gasteiger partial charge in [-0.3, -0.25) is 0 Å². The van der Waals surface area contributed by atoms with Crippen LogP contribution in [0.15, 0.2) is 66.9 Å². The second-order valence-corrected chi connectivity index (χ2v) is 4.39. The van der Waals surface area contributed by atoms with Crippen LogP contribution in [0.1, 0.15) is 5.56 Å². The van der Waals surface area contributed by atoms with Crippen LogP contribution in [0.25, 0.3) is 22.4 Å². The van der Waals surface area contributed by atoms with E-state index < -0.39 is 0 Å². The van der Waals surface area contributed by atoms with Crippen LogP contribution >= 0.6 is 0 Å². The van der Waals surface area contributed by atoms with Crippen molar-refractivity contribution >= 4 is 0 Å². The molecule has 0 bridgehead atoms. The minimum absolute atomic E-state index is 0.639. The van der Waals surface area contributed by atoms with Crippen molar-refractivity contribution in [3.63, 3.8) is 0 Å². The molecule has 3 nitrogen and oxygen atoms in total. The van der Waals surface area contributed by atoms with E-state index in [0.29, 0.717) is 5.56 Å². The third-order valence-corrected chi connectivity index (χ3v) is 3.05. The van der Waals surface area contributed by atoms with Crippen LogP contribution in [0.4, 0.5) is 0 Å². The Balaban J connectivity index is 2.06. The maximum absolute atomic E-state index is 8.96. The third kappa shape index (κ3) is 2.40. The number of hydrogen-bond acceptors (Lipinski definition) is 3. The quantitative estimate of drug-likeness (QED) is 0.703. The Bertz CT molecular complexity index is 773. The van der Waals surface area contributed by atoms with Gasteiger partial charge in [0.25, 0.3) is 0 Å². The van der Waals surface area contributed by atoms with Gasteiger partial charge in [0, 0.05) is 11.1 Å². The molecule has 2 aromatic carbocycles. The highest BCUT2D eigenvalue weighted by Gasteiger charge is 2.04. The first kappa shape index (κ1) is 12.1. The highest BCUT2D eigenvalue weighted by molar-refractivity contribution is 5.70. The molecule has 3 aromatic rings. The summed E-state index contributed by atoms with van der Waals surface area (Å²) >= 11 is 0. The third-order valence-electron chi connectivity index (χ3n) is 3.05. The molecular weight excluding hydrogens is 246 g/mol. The van der Waals surface area contributed by atoms with E-state index in [1.165, 1.54) is 0 Å². The summed E-state index contributed by atoms with van der Waals surface area (Å²) < 4.78 is 0. The first-order valence-corrected chi connectivity index (χ1v) is 6.25. The van der Waals surface area contributed by atoms with Crippen LogP contribution in [0.5, 0.6) is 0 Å². The molecule has 0 spiro atoms. The number of hydrogen-bond donors (Lipinski definition) is 0. The van der Waals surface area contributed by atoms with E-state index in [-0.39, 0.29) is 0 Å². The topological polar surface area (TPSA) is 49.6 Å². The van der Waals surface area contributed by atoms with E-state index in [0.717, 1.165) is 22.4 Å². The lowest BCUT2D eigenvalue weighted by Crippen LogP contribution is -1.89. The fourth-order valence-electron chi connectivity index (χ4n) is 2.04. The number of rotatable bonds is 2. The lowest BCUT2D eigenvalue weighted by Gasteiger charge is -2.04. The standard InChI is InChI=1S/C17H11N3/c18-11-13-5-4-8-15(9-13)16-10-17(20-19-12-16)14-6-2-1-3-7-14/h1-10,12H. The molecule has 20 heavy (non-hydrogen) atoms. The molecule has 0 radical (unpaired) electrons. The van der Waals surface area contributed by atoms with Crippen LogP contribution in [0, 0.1) is 11.3 Å². The monoisotopic (exact) mass is 257 g/mol. The SMILES string of the molecule is N#Cc1cccc(-c2cnnc(-c3ccccc3)c2)c1. The smallest absolute Gasteiger partial charge is 0.0991 e. The molecule has 0 saturated carbocycles. The van der Waals surface area contributed by atoms with Gasteiger partial charge in [-0.1, -0.05) is 42.5 Å². The van der Waals surface area contributed by atoms with Crippen molar-refractivity contribution in [2.75, 3.05) is 0 Å². The van der Waals surface area contributed by atoms with Crippen LogP contribution < -0.4 is 0 Å². The first-order valence-electron chi connectivity index (χ1n) is 6.25. The highest BCUT2D eigenvalue weighted by Crippen LogP contribution is 2.24. The summed E-state index contributed by atoms with van der Waals surface area (Å²) in [7, 11) is 0. The number of nitriles is 1. The Labute approximate surface area is 117 Å². The van der Waals surface area contributed by atoms with Crippen molar-refractivity contribution in [1.29, 1.82) is 5.26 Å². The normalized spacial score (nSPS) is 9.95. The van der Waals surface area contributed by atoms with Crippen molar-refractivity contribution < 1.29 is 0 Å². The summed E-state index contributed by atoms with van der Waals surface area (Å²) in [5, 5.41) is 17.2. The van der Waals surface area contributed by atoms with E-state index in [9.17, 15) is 0 Å². The second-order valence-electron chi connectivity index (χ2n) is 4.39. The zero-order chi connectivity index (χ0) is 13.8. The molecule has 0 fully saturated rings. The van der Waals surface area contributed by atoms with Gasteiger partial charge in [0.2, 0.25) is 0 Å². The molecule has 3 heteroatoms. The molecule has 0 aliphatic carbocycles. The van der Waals surface area contributed by atoms with E-state index in [1.807, 2.05) is 54.6 Å². The van der Waals surface area contributed by atoms with E-state index >= 15 is 0 Å². The van der Waals surface area contributed by atoms with Crippen LogP contribution in [-0.4, -0.2) is 10.2 Å². The Morgan fingerprint density at radius 1 is 0.800 bits per heavy atom. The number of nitrogens with zero attached hydrogens (tertiary/aromatic N) is 3. The average molecular weight is 257 g/mol. The van der Waals surface area contributed by atoms with Crippen LogP contribution in [0.2, 0.25) is 0 Å². The van der Waals surface area contributed by atoms with Crippen molar-refractivity contribution in [2.45, 2.75) is 0 Å². The average Bonchev–Trinajstić information content (AvgIpc) is 2.56. The van der Waals surface area contributed by atoms with Gasteiger partial charge in [-0.25, -0.2) is 0 Å². The zero-order valence-electron chi connectivity index (χ0n) is 10.7. The Morgan fingerprint density at radius 3 is 2.40 bits per heavy atom. The lowest BCUT2D eigenvalue weighted by molar-refractivity contribution is 1.04. The minimum atomic E-state index is 0.639. The van der Waals surface area contributed by atoms with Gasteiger partial charge in [-0.15, -0.1) is 0 Å². The molecule has 1 aromatic heterocycles. The van der Waals surface area contributed by atoms with Gasteiger partial charge in [0.15, 0.2) is 0 Å². The molecule has 0 N–H and O–H groups in total. The van der Waals surface area contributed by atoms with Crippen molar-refractivity contribution in [2.24, 2.45) is 0 Å². The summed E-state index contributed by atoms with van der Waals surface area (Å²) in [5.74, 6) is 0. The molecule has 0 aliphatic heterocycles. The van der Waals surface area contributed by atoms with Gasteiger partial charge < -0.3 is 0 Å². The van der Waals surface area contributed by atoms with Crippen molar-refractivity contribution in [3.8, 4) is 28.5 Å². The molecule has 3 rings (SSSR count). The maximum Gasteiger partial charge on any atom is 0.0991 e. The summed E-state index contributed by atoms with van der Waals surface area (Å²) in [4.78, 5) is 0. The molecule has 0 saturated heterocycles. The van der Waals surface area contributed by atoms with Gasteiger partial charge in [0.1, 0.15) is 0 Å². The summed E-state index contributed by atoms with van der Waals surface area (Å²) in [6.07, 6.45) is 1.71. The minimum Gasteiger partial charge on any atom is -0.192 e. The Hall–Kier alpha value is -2.99. The molecular formula is C17H11N3. The van der Waals surface area contributed by atoms with Crippen LogP contribution in [-0.2, 0) is 0 Å². The van der Waals surface area contributed by atoms with Crippen LogP contribution in [0.3, 0.4) is 0 Å². The fourth-order valence-corrected chi connectivity index (χ4v) is 2.04. The van der Waals surface area contributed by atoms with Gasteiger partial charge in [-0.2, -0.15) is 15.5 Å². The number of benzene rings is 2. The highest BCUT2D eigenvalue weighted by atomic mass is 15.1. The molecule has 0 aliphatic rings. The largest absolute Gasteiger partial charge is 0.192 e. The summed E-state index contributed by atoms with van der Waals surface area (Å²) in [6, 6.07) is 21.5. The maximum atomic E-state index is 8.96. The van der Waals surface area contributed by atoms with Gasteiger partial charge in [-0.05, 0) is 23.8 Å². The molecule has 1 heterocycles. The van der Waals surface area contributed by atoms with E-state index in [1.54, 1.807) is 12.3 Å². The summed E-state index contributed by atoms with van der Waals surface area (Å²) in [5.41, 5.74) is 4.41. The van der Waals surface area contributed by atoms with E-state index in [4.69, 9.17) is 5.26 Å². The predicted octanol–water partition coefficient (Wildman–Crippen LogP) is 3.68. The molecule has 0 atom stereocenters. The fraction of sp³-hybridized carbons (Fsp3) is 0. The van der Waals surface area contributed by atoms with Crippen molar-refractivity contribution in [3.05, 3.63) is 72.4 Å². The Kier molecular flexibility index (Phi) is 3.22. The Morgan fingerprint density at radius 2 is 1.60 bits per heavy atom. The molecule has 0 unspecified atom stereocenters. The number of aromatic nitrogens is 2. The lowest BCUT2D eigenvalue weighted by atomic mass is 10.0. The summed E-state index contributed by atoms with van der Waals surface area (Å²) in [6.45, 7) is 0. The molecule has 94 valence electrons. The van der Waals surface area contributed by atoms with Crippen molar-refractivity contribution in [1.82, 2.24) is 10.2 Å². The van der Waals surface area contributed by atoms with Gasteiger partial charge in [0.05, 0.1) is 23.5 Å². The molecule has 0 amide bonds. The second kappa shape index (κ2) is 5.33. The predicted molar refractivity (Wildman–Crippen MR) is 77.6 cm³/mol. The first-order chi connectivity index (χ1) is 9.86. The van der Waals surface area contributed by atoms with Gasteiger partial charge >= 0.3 is 0 Å².